The second kappa shape index (κ2) is 5.89. The maximum absolute atomic E-state index is 6.30. The molecule has 0 amide bonds. The van der Waals surface area contributed by atoms with Crippen molar-refractivity contribution >= 4 is 0 Å². The molecule has 0 radical (unpaired) electrons. The Hall–Kier alpha value is -0.520. The van der Waals surface area contributed by atoms with E-state index in [0.717, 1.165) is 13.0 Å². The van der Waals surface area contributed by atoms with Crippen LogP contribution in [0.2, 0.25) is 0 Å². The summed E-state index contributed by atoms with van der Waals surface area (Å²) in [5.41, 5.74) is 0.239. The molecule has 17 heavy (non-hydrogen) atoms. The molecular formula is C15H25NO. The van der Waals surface area contributed by atoms with Gasteiger partial charge in [-0.3, -0.25) is 0 Å². The Balaban J connectivity index is 1.76. The minimum absolute atomic E-state index is 0.210. The number of terminal acetylenes is 1. The van der Waals surface area contributed by atoms with E-state index in [9.17, 15) is 0 Å². The zero-order valence-electron chi connectivity index (χ0n) is 11.0. The van der Waals surface area contributed by atoms with Crippen LogP contribution >= 0.6 is 0 Å². The largest absolute Gasteiger partial charge is 0.370 e. The molecule has 1 aliphatic heterocycles. The van der Waals surface area contributed by atoms with Crippen molar-refractivity contribution in [3.8, 4) is 12.3 Å². The van der Waals surface area contributed by atoms with Crippen LogP contribution in [-0.4, -0.2) is 24.3 Å². The Morgan fingerprint density at radius 1 is 1.35 bits per heavy atom. The zero-order valence-corrected chi connectivity index (χ0v) is 11.0. The molecule has 0 aromatic rings. The van der Waals surface area contributed by atoms with Crippen molar-refractivity contribution in [3.63, 3.8) is 0 Å². The molecule has 1 saturated carbocycles. The number of hydrogen-bond acceptors (Lipinski definition) is 2. The molecule has 1 aliphatic carbocycles. The Morgan fingerprint density at radius 2 is 2.12 bits per heavy atom. The third kappa shape index (κ3) is 3.24. The van der Waals surface area contributed by atoms with Gasteiger partial charge in [-0.25, -0.2) is 0 Å². The quantitative estimate of drug-likeness (QED) is 0.757. The summed E-state index contributed by atoms with van der Waals surface area (Å²) >= 11 is 0. The van der Waals surface area contributed by atoms with Gasteiger partial charge in [-0.2, -0.15) is 0 Å². The predicted octanol–water partition coefficient (Wildman–Crippen LogP) is 2.87. The molecular weight excluding hydrogens is 210 g/mol. The summed E-state index contributed by atoms with van der Waals surface area (Å²) in [6.07, 6.45) is 15.9. The zero-order chi connectivity index (χ0) is 12.1. The molecule has 2 fully saturated rings. The maximum atomic E-state index is 6.30. The van der Waals surface area contributed by atoms with Crippen LogP contribution in [0, 0.1) is 12.3 Å². The van der Waals surface area contributed by atoms with Gasteiger partial charge in [0.05, 0.1) is 17.7 Å². The summed E-state index contributed by atoms with van der Waals surface area (Å²) in [6.45, 7) is 3.04. The molecule has 2 atom stereocenters. The molecule has 2 heteroatoms. The van der Waals surface area contributed by atoms with E-state index in [1.807, 2.05) is 0 Å². The van der Waals surface area contributed by atoms with Crippen molar-refractivity contribution in [2.45, 2.75) is 76.0 Å². The Bertz CT molecular complexity index is 275. The lowest BCUT2D eigenvalue weighted by atomic mass is 9.83. The van der Waals surface area contributed by atoms with Crippen molar-refractivity contribution in [1.29, 1.82) is 0 Å². The Labute approximate surface area is 105 Å². The van der Waals surface area contributed by atoms with Gasteiger partial charge in [0.25, 0.3) is 0 Å². The van der Waals surface area contributed by atoms with Crippen LogP contribution in [0.15, 0.2) is 0 Å². The Kier molecular flexibility index (Phi) is 4.48. The average molecular weight is 235 g/mol. The van der Waals surface area contributed by atoms with E-state index in [1.165, 1.54) is 44.9 Å². The number of ether oxygens (including phenoxy) is 1. The molecule has 1 N–H and O–H groups in total. The standard InChI is InChI=1S/C15H25NO/c1-3-13(4-2)16-12-14-8-11-15(17-14)9-6-5-7-10-15/h1,13-14,16H,4-12H2,2H3. The lowest BCUT2D eigenvalue weighted by Gasteiger charge is -2.33. The predicted molar refractivity (Wildman–Crippen MR) is 70.8 cm³/mol. The van der Waals surface area contributed by atoms with Crippen molar-refractivity contribution in [1.82, 2.24) is 5.32 Å². The smallest absolute Gasteiger partial charge is 0.0708 e. The molecule has 0 bridgehead atoms. The summed E-state index contributed by atoms with van der Waals surface area (Å²) in [4.78, 5) is 0. The molecule has 2 aliphatic rings. The van der Waals surface area contributed by atoms with E-state index >= 15 is 0 Å². The van der Waals surface area contributed by atoms with Crippen LogP contribution in [0.25, 0.3) is 0 Å². The van der Waals surface area contributed by atoms with Gasteiger partial charge in [0, 0.05) is 6.54 Å². The lowest BCUT2D eigenvalue weighted by molar-refractivity contribution is -0.0626. The second-order valence-electron chi connectivity index (χ2n) is 5.56. The highest BCUT2D eigenvalue weighted by Crippen LogP contribution is 2.41. The van der Waals surface area contributed by atoms with Crippen molar-refractivity contribution < 1.29 is 4.74 Å². The van der Waals surface area contributed by atoms with Gasteiger partial charge < -0.3 is 10.1 Å². The summed E-state index contributed by atoms with van der Waals surface area (Å²) < 4.78 is 6.30. The van der Waals surface area contributed by atoms with Crippen molar-refractivity contribution in [3.05, 3.63) is 0 Å². The SMILES string of the molecule is C#CC(CC)NCC1CCC2(CCCCC2)O1. The topological polar surface area (TPSA) is 21.3 Å². The molecule has 2 unspecified atom stereocenters. The fraction of sp³-hybridized carbons (Fsp3) is 0.867. The van der Waals surface area contributed by atoms with E-state index in [2.05, 4.69) is 18.2 Å². The molecule has 0 aromatic carbocycles. The van der Waals surface area contributed by atoms with Crippen LogP contribution in [-0.2, 0) is 4.74 Å². The molecule has 96 valence electrons. The van der Waals surface area contributed by atoms with Crippen LogP contribution in [0.1, 0.15) is 58.3 Å². The van der Waals surface area contributed by atoms with Gasteiger partial charge in [0.2, 0.25) is 0 Å². The van der Waals surface area contributed by atoms with Gasteiger partial charge >= 0.3 is 0 Å². The first-order valence-electron chi connectivity index (χ1n) is 7.15. The van der Waals surface area contributed by atoms with E-state index in [0.29, 0.717) is 6.10 Å². The fourth-order valence-electron chi connectivity index (χ4n) is 3.20. The van der Waals surface area contributed by atoms with Gasteiger partial charge in [-0.05, 0) is 32.1 Å². The minimum atomic E-state index is 0.210. The fourth-order valence-corrected chi connectivity index (χ4v) is 3.20. The molecule has 2 rings (SSSR count). The number of nitrogens with one attached hydrogen (secondary N) is 1. The van der Waals surface area contributed by atoms with Gasteiger partial charge in [-0.15, -0.1) is 6.42 Å². The highest BCUT2D eigenvalue weighted by Gasteiger charge is 2.40. The Morgan fingerprint density at radius 3 is 2.76 bits per heavy atom. The normalized spacial score (nSPS) is 29.1. The summed E-state index contributed by atoms with van der Waals surface area (Å²) in [5.74, 6) is 2.78. The van der Waals surface area contributed by atoms with E-state index in [4.69, 9.17) is 11.2 Å². The van der Waals surface area contributed by atoms with Crippen molar-refractivity contribution in [2.75, 3.05) is 6.54 Å². The average Bonchev–Trinajstić information content (AvgIpc) is 2.75. The number of hydrogen-bond donors (Lipinski definition) is 1. The van der Waals surface area contributed by atoms with E-state index < -0.39 is 0 Å². The monoisotopic (exact) mass is 235 g/mol. The highest BCUT2D eigenvalue weighted by molar-refractivity contribution is 4.99. The summed E-state index contributed by atoms with van der Waals surface area (Å²) in [5, 5.41) is 3.42. The van der Waals surface area contributed by atoms with Crippen molar-refractivity contribution in [2.24, 2.45) is 0 Å². The van der Waals surface area contributed by atoms with E-state index in [1.54, 1.807) is 0 Å². The molecule has 1 heterocycles. The first-order valence-corrected chi connectivity index (χ1v) is 7.15. The van der Waals surface area contributed by atoms with Crippen LogP contribution in [0.3, 0.4) is 0 Å². The third-order valence-corrected chi connectivity index (χ3v) is 4.30. The third-order valence-electron chi connectivity index (χ3n) is 4.30. The first-order chi connectivity index (χ1) is 8.28. The van der Waals surface area contributed by atoms with Crippen LogP contribution in [0.4, 0.5) is 0 Å². The van der Waals surface area contributed by atoms with Crippen LogP contribution in [0.5, 0.6) is 0 Å². The summed E-state index contributed by atoms with van der Waals surface area (Å²) in [7, 11) is 0. The van der Waals surface area contributed by atoms with Gasteiger partial charge in [0.15, 0.2) is 0 Å². The van der Waals surface area contributed by atoms with E-state index in [-0.39, 0.29) is 11.6 Å². The van der Waals surface area contributed by atoms with Gasteiger partial charge in [-0.1, -0.05) is 32.1 Å². The maximum Gasteiger partial charge on any atom is 0.0708 e. The molecule has 0 aromatic heterocycles. The lowest BCUT2D eigenvalue weighted by Crippen LogP contribution is -2.37. The molecule has 2 nitrogen and oxygen atoms in total. The highest BCUT2D eigenvalue weighted by atomic mass is 16.5. The minimum Gasteiger partial charge on any atom is -0.370 e. The van der Waals surface area contributed by atoms with Crippen LogP contribution < -0.4 is 5.32 Å². The molecule has 1 saturated heterocycles. The van der Waals surface area contributed by atoms with Gasteiger partial charge in [0.1, 0.15) is 0 Å². The number of rotatable bonds is 4. The second-order valence-corrected chi connectivity index (χ2v) is 5.56. The molecule has 1 spiro atoms. The first kappa shape index (κ1) is 12.9. The summed E-state index contributed by atoms with van der Waals surface area (Å²) in [6, 6.07) is 0.210.